The van der Waals surface area contributed by atoms with E-state index in [1.165, 1.54) is 0 Å². The highest BCUT2D eigenvalue weighted by Crippen LogP contribution is 2.27. The van der Waals surface area contributed by atoms with E-state index in [0.717, 1.165) is 16.8 Å². The van der Waals surface area contributed by atoms with E-state index in [0.29, 0.717) is 11.5 Å². The maximum Gasteiger partial charge on any atom is 0.262 e. The van der Waals surface area contributed by atoms with Gasteiger partial charge in [0.2, 0.25) is 0 Å². The fourth-order valence-corrected chi connectivity index (χ4v) is 2.00. The Hall–Kier alpha value is -3.02. The summed E-state index contributed by atoms with van der Waals surface area (Å²) < 4.78 is 10.8. The average molecular weight is 327 g/mol. The number of methoxy groups -OCH3 is 1. The van der Waals surface area contributed by atoms with Gasteiger partial charge in [-0.3, -0.25) is 4.79 Å². The molecule has 0 aromatic heterocycles. The number of hydrazone groups is 1. The van der Waals surface area contributed by atoms with E-state index in [2.05, 4.69) is 15.8 Å². The van der Waals surface area contributed by atoms with E-state index in [1.807, 2.05) is 37.3 Å². The lowest BCUT2D eigenvalue weighted by Crippen LogP contribution is -2.20. The third-order valence-corrected chi connectivity index (χ3v) is 3.22. The number of nitrogens with one attached hydrogen (secondary N) is 2. The molecule has 0 radical (unpaired) electrons. The molecule has 0 spiro atoms. The first-order valence-corrected chi connectivity index (χ1v) is 7.49. The fourth-order valence-electron chi connectivity index (χ4n) is 2.00. The number of benzene rings is 2. The van der Waals surface area contributed by atoms with Crippen LogP contribution in [-0.2, 0) is 4.79 Å². The monoisotopic (exact) mass is 327 g/mol. The first-order valence-electron chi connectivity index (χ1n) is 7.49. The smallest absolute Gasteiger partial charge is 0.262 e. The molecule has 0 aliphatic rings. The number of hydrogen-bond acceptors (Lipinski definition) is 5. The molecule has 0 saturated carbocycles. The number of hydrogen-bond donors (Lipinski definition) is 2. The maximum absolute atomic E-state index is 12.0. The standard InChI is InChI=1S/C18H21N3O3/c1-13-4-7-15(8-5-13)21-18(22)12-24-16-9-6-14(11-20-19-2)10-17(16)23-3/h4-11,19H,12H2,1-3H3,(H,21,22)/b20-11+. The maximum atomic E-state index is 12.0. The molecule has 2 N–H and O–H groups in total. The minimum absolute atomic E-state index is 0.103. The molecule has 6 nitrogen and oxygen atoms in total. The molecule has 1 amide bonds. The van der Waals surface area contributed by atoms with Gasteiger partial charge in [-0.2, -0.15) is 5.10 Å². The van der Waals surface area contributed by atoms with E-state index < -0.39 is 0 Å². The second-order valence-electron chi connectivity index (χ2n) is 5.09. The van der Waals surface area contributed by atoms with Crippen molar-refractivity contribution in [2.24, 2.45) is 5.10 Å². The third kappa shape index (κ3) is 5.01. The van der Waals surface area contributed by atoms with Gasteiger partial charge < -0.3 is 20.2 Å². The van der Waals surface area contributed by atoms with Gasteiger partial charge in [-0.15, -0.1) is 0 Å². The number of amides is 1. The van der Waals surface area contributed by atoms with Gasteiger partial charge in [-0.05, 0) is 42.8 Å². The van der Waals surface area contributed by atoms with Crippen LogP contribution in [0.5, 0.6) is 11.5 Å². The molecule has 0 unspecified atom stereocenters. The molecule has 2 aromatic rings. The number of aryl methyl sites for hydroxylation is 1. The van der Waals surface area contributed by atoms with Crippen LogP contribution in [0, 0.1) is 6.92 Å². The predicted octanol–water partition coefficient (Wildman–Crippen LogP) is 2.57. The van der Waals surface area contributed by atoms with Crippen LogP contribution in [-0.4, -0.2) is 32.9 Å². The van der Waals surface area contributed by atoms with E-state index in [4.69, 9.17) is 9.47 Å². The molecule has 0 atom stereocenters. The molecule has 0 fully saturated rings. The Kier molecular flexibility index (Phi) is 6.19. The van der Waals surface area contributed by atoms with Crippen molar-refractivity contribution in [1.29, 1.82) is 0 Å². The van der Waals surface area contributed by atoms with Crippen molar-refractivity contribution in [2.75, 3.05) is 26.1 Å². The molecule has 24 heavy (non-hydrogen) atoms. The lowest BCUT2D eigenvalue weighted by atomic mass is 10.2. The van der Waals surface area contributed by atoms with Crippen LogP contribution < -0.4 is 20.2 Å². The highest BCUT2D eigenvalue weighted by molar-refractivity contribution is 5.92. The highest BCUT2D eigenvalue weighted by atomic mass is 16.5. The summed E-state index contributed by atoms with van der Waals surface area (Å²) in [6, 6.07) is 12.9. The topological polar surface area (TPSA) is 72.0 Å². The Morgan fingerprint density at radius 3 is 2.58 bits per heavy atom. The molecular formula is C18H21N3O3. The molecule has 0 saturated heterocycles. The van der Waals surface area contributed by atoms with Crippen LogP contribution in [0.3, 0.4) is 0 Å². The third-order valence-electron chi connectivity index (χ3n) is 3.22. The number of ether oxygens (including phenoxy) is 2. The zero-order chi connectivity index (χ0) is 17.4. The number of anilines is 1. The fraction of sp³-hybridized carbons (Fsp3) is 0.222. The van der Waals surface area contributed by atoms with Gasteiger partial charge in [0, 0.05) is 12.7 Å². The lowest BCUT2D eigenvalue weighted by Gasteiger charge is -2.11. The summed E-state index contributed by atoms with van der Waals surface area (Å²) in [5.74, 6) is 0.804. The first kappa shape index (κ1) is 17.3. The summed E-state index contributed by atoms with van der Waals surface area (Å²) in [6.45, 7) is 1.89. The zero-order valence-electron chi connectivity index (χ0n) is 14.0. The lowest BCUT2D eigenvalue weighted by molar-refractivity contribution is -0.118. The van der Waals surface area contributed by atoms with Crippen LogP contribution in [0.1, 0.15) is 11.1 Å². The molecule has 126 valence electrons. The first-order chi connectivity index (χ1) is 11.6. The van der Waals surface area contributed by atoms with Gasteiger partial charge in [-0.25, -0.2) is 0 Å². The summed E-state index contributed by atoms with van der Waals surface area (Å²) in [4.78, 5) is 12.0. The zero-order valence-corrected chi connectivity index (χ0v) is 14.0. The molecule has 2 rings (SSSR count). The molecule has 2 aromatic carbocycles. The minimum atomic E-state index is -0.235. The Labute approximate surface area is 141 Å². The van der Waals surface area contributed by atoms with Crippen molar-refractivity contribution in [3.8, 4) is 11.5 Å². The minimum Gasteiger partial charge on any atom is -0.493 e. The van der Waals surface area contributed by atoms with Gasteiger partial charge in [0.05, 0.1) is 13.3 Å². The second kappa shape index (κ2) is 8.57. The Balaban J connectivity index is 1.96. The molecule has 6 heteroatoms. The predicted molar refractivity (Wildman–Crippen MR) is 95.0 cm³/mol. The van der Waals surface area contributed by atoms with E-state index in [9.17, 15) is 4.79 Å². The Bertz CT molecular complexity index is 712. The number of carbonyl (C=O) groups excluding carboxylic acids is 1. The number of nitrogens with zero attached hydrogens (tertiary/aromatic N) is 1. The Morgan fingerprint density at radius 1 is 1.17 bits per heavy atom. The van der Waals surface area contributed by atoms with Crippen LogP contribution in [0.15, 0.2) is 47.6 Å². The van der Waals surface area contributed by atoms with Gasteiger partial charge >= 0.3 is 0 Å². The largest absolute Gasteiger partial charge is 0.493 e. The van der Waals surface area contributed by atoms with Crippen LogP contribution in [0.4, 0.5) is 5.69 Å². The van der Waals surface area contributed by atoms with Crippen molar-refractivity contribution >= 4 is 17.8 Å². The molecular weight excluding hydrogens is 306 g/mol. The van der Waals surface area contributed by atoms with Crippen molar-refractivity contribution in [1.82, 2.24) is 5.43 Å². The van der Waals surface area contributed by atoms with Gasteiger partial charge in [-0.1, -0.05) is 17.7 Å². The van der Waals surface area contributed by atoms with Gasteiger partial charge in [0.25, 0.3) is 5.91 Å². The van der Waals surface area contributed by atoms with E-state index in [-0.39, 0.29) is 12.5 Å². The summed E-state index contributed by atoms with van der Waals surface area (Å²) in [5.41, 5.74) is 5.41. The average Bonchev–Trinajstić information content (AvgIpc) is 2.60. The summed E-state index contributed by atoms with van der Waals surface area (Å²) in [5, 5.41) is 6.72. The van der Waals surface area contributed by atoms with Crippen molar-refractivity contribution < 1.29 is 14.3 Å². The quantitative estimate of drug-likeness (QED) is 0.606. The van der Waals surface area contributed by atoms with Crippen molar-refractivity contribution in [2.45, 2.75) is 6.92 Å². The van der Waals surface area contributed by atoms with Crippen LogP contribution in [0.2, 0.25) is 0 Å². The van der Waals surface area contributed by atoms with E-state index in [1.54, 1.807) is 32.5 Å². The second-order valence-corrected chi connectivity index (χ2v) is 5.09. The van der Waals surface area contributed by atoms with Crippen LogP contribution in [0.25, 0.3) is 0 Å². The number of carbonyl (C=O) groups is 1. The highest BCUT2D eigenvalue weighted by Gasteiger charge is 2.08. The normalized spacial score (nSPS) is 10.5. The van der Waals surface area contributed by atoms with Crippen molar-refractivity contribution in [3.63, 3.8) is 0 Å². The van der Waals surface area contributed by atoms with Crippen molar-refractivity contribution in [3.05, 3.63) is 53.6 Å². The molecule has 0 heterocycles. The van der Waals surface area contributed by atoms with Crippen LogP contribution >= 0.6 is 0 Å². The van der Waals surface area contributed by atoms with E-state index >= 15 is 0 Å². The number of rotatable bonds is 7. The molecule has 0 aliphatic heterocycles. The molecule has 0 bridgehead atoms. The SMILES string of the molecule is CN/N=C/c1ccc(OCC(=O)Nc2ccc(C)cc2)c(OC)c1. The summed E-state index contributed by atoms with van der Waals surface area (Å²) >= 11 is 0. The summed E-state index contributed by atoms with van der Waals surface area (Å²) in [7, 11) is 3.27. The van der Waals surface area contributed by atoms with Gasteiger partial charge in [0.1, 0.15) is 0 Å². The summed E-state index contributed by atoms with van der Waals surface area (Å²) in [6.07, 6.45) is 1.66. The Morgan fingerprint density at radius 2 is 1.92 bits per heavy atom. The molecule has 0 aliphatic carbocycles. The van der Waals surface area contributed by atoms with Gasteiger partial charge in [0.15, 0.2) is 18.1 Å².